The summed E-state index contributed by atoms with van der Waals surface area (Å²) in [6.07, 6.45) is 2.44. The highest BCUT2D eigenvalue weighted by Crippen LogP contribution is 2.22. The second-order valence-electron chi connectivity index (χ2n) is 5.59. The van der Waals surface area contributed by atoms with Crippen LogP contribution in [0.2, 0.25) is 0 Å². The van der Waals surface area contributed by atoms with Crippen molar-refractivity contribution < 1.29 is 4.79 Å². The van der Waals surface area contributed by atoms with Gasteiger partial charge in [0.15, 0.2) is 0 Å². The van der Waals surface area contributed by atoms with Gasteiger partial charge in [-0.15, -0.1) is 0 Å². The Hall–Kier alpha value is -0.870. The van der Waals surface area contributed by atoms with Crippen molar-refractivity contribution in [1.29, 1.82) is 0 Å². The SMILES string of the molecule is CCN1CCCC1CN(C)C(=O)c1cc(C)ccc1Br. The summed E-state index contributed by atoms with van der Waals surface area (Å²) in [4.78, 5) is 16.9. The van der Waals surface area contributed by atoms with E-state index in [1.807, 2.05) is 37.1 Å². The van der Waals surface area contributed by atoms with Gasteiger partial charge in [0.05, 0.1) is 5.56 Å². The van der Waals surface area contributed by atoms with Gasteiger partial charge in [-0.05, 0) is 60.9 Å². The summed E-state index contributed by atoms with van der Waals surface area (Å²) >= 11 is 3.48. The van der Waals surface area contributed by atoms with Crippen LogP contribution in [0.3, 0.4) is 0 Å². The molecule has 0 radical (unpaired) electrons. The van der Waals surface area contributed by atoms with Gasteiger partial charge in [-0.1, -0.05) is 18.6 Å². The van der Waals surface area contributed by atoms with Gasteiger partial charge >= 0.3 is 0 Å². The molecule has 1 fully saturated rings. The van der Waals surface area contributed by atoms with E-state index in [0.29, 0.717) is 6.04 Å². The van der Waals surface area contributed by atoms with E-state index in [1.54, 1.807) is 0 Å². The summed E-state index contributed by atoms with van der Waals surface area (Å²) < 4.78 is 0.874. The average molecular weight is 339 g/mol. The van der Waals surface area contributed by atoms with Crippen LogP contribution in [-0.4, -0.2) is 48.4 Å². The standard InChI is InChI=1S/C16H23BrN2O/c1-4-19-9-5-6-13(19)11-18(3)16(20)14-10-12(2)7-8-15(14)17/h7-8,10,13H,4-6,9,11H2,1-3H3. The zero-order valence-electron chi connectivity index (χ0n) is 12.5. The van der Waals surface area contributed by atoms with Crippen molar-refractivity contribution in [2.24, 2.45) is 0 Å². The number of halogens is 1. The molecule has 0 aliphatic carbocycles. The van der Waals surface area contributed by atoms with E-state index in [-0.39, 0.29) is 5.91 Å². The molecule has 2 rings (SSSR count). The molecule has 1 saturated heterocycles. The predicted octanol–water partition coefficient (Wildman–Crippen LogP) is 3.31. The van der Waals surface area contributed by atoms with E-state index in [9.17, 15) is 4.79 Å². The number of carbonyl (C=O) groups is 1. The summed E-state index contributed by atoms with van der Waals surface area (Å²) in [5.41, 5.74) is 1.87. The molecule has 0 aromatic heterocycles. The number of amides is 1. The molecule has 0 spiro atoms. The highest BCUT2D eigenvalue weighted by atomic mass is 79.9. The number of aryl methyl sites for hydroxylation is 1. The first kappa shape index (κ1) is 15.5. The fraction of sp³-hybridized carbons (Fsp3) is 0.562. The van der Waals surface area contributed by atoms with E-state index in [4.69, 9.17) is 0 Å². The van der Waals surface area contributed by atoms with Crippen LogP contribution in [0.1, 0.15) is 35.7 Å². The summed E-state index contributed by atoms with van der Waals surface area (Å²) in [7, 11) is 1.91. The number of likely N-dealkylation sites (tertiary alicyclic amines) is 1. The van der Waals surface area contributed by atoms with E-state index in [1.165, 1.54) is 12.8 Å². The van der Waals surface area contributed by atoms with Crippen LogP contribution in [-0.2, 0) is 0 Å². The molecule has 1 atom stereocenters. The smallest absolute Gasteiger partial charge is 0.254 e. The number of rotatable bonds is 4. The van der Waals surface area contributed by atoms with Gasteiger partial charge in [0.25, 0.3) is 5.91 Å². The molecule has 1 heterocycles. The van der Waals surface area contributed by atoms with E-state index < -0.39 is 0 Å². The van der Waals surface area contributed by atoms with Crippen molar-refractivity contribution in [2.45, 2.75) is 32.7 Å². The molecule has 1 aliphatic heterocycles. The molecule has 1 unspecified atom stereocenters. The van der Waals surface area contributed by atoms with E-state index in [2.05, 4.69) is 27.8 Å². The van der Waals surface area contributed by atoms with Gasteiger partial charge in [0.1, 0.15) is 0 Å². The number of carbonyl (C=O) groups excluding carboxylic acids is 1. The molecule has 0 bridgehead atoms. The zero-order chi connectivity index (χ0) is 14.7. The van der Waals surface area contributed by atoms with Crippen LogP contribution in [0.4, 0.5) is 0 Å². The Morgan fingerprint density at radius 2 is 2.25 bits per heavy atom. The Balaban J connectivity index is 2.07. The lowest BCUT2D eigenvalue weighted by molar-refractivity contribution is 0.0753. The molecule has 1 aromatic carbocycles. The first-order chi connectivity index (χ1) is 9.52. The maximum atomic E-state index is 12.6. The topological polar surface area (TPSA) is 23.6 Å². The Kier molecular flexibility index (Phi) is 5.22. The maximum absolute atomic E-state index is 12.6. The van der Waals surface area contributed by atoms with Gasteiger partial charge in [0.2, 0.25) is 0 Å². The van der Waals surface area contributed by atoms with Gasteiger partial charge in [-0.25, -0.2) is 0 Å². The molecule has 3 nitrogen and oxygen atoms in total. The monoisotopic (exact) mass is 338 g/mol. The lowest BCUT2D eigenvalue weighted by Gasteiger charge is -2.28. The van der Waals surface area contributed by atoms with Crippen molar-refractivity contribution in [2.75, 3.05) is 26.7 Å². The Bertz CT molecular complexity index is 489. The normalized spacial score (nSPS) is 19.3. The molecule has 110 valence electrons. The average Bonchev–Trinajstić information content (AvgIpc) is 2.87. The van der Waals surface area contributed by atoms with Gasteiger partial charge in [-0.2, -0.15) is 0 Å². The summed E-state index contributed by atoms with van der Waals surface area (Å²) in [6, 6.07) is 6.42. The predicted molar refractivity (Wildman–Crippen MR) is 86.1 cm³/mol. The van der Waals surface area contributed by atoms with Crippen LogP contribution < -0.4 is 0 Å². The van der Waals surface area contributed by atoms with Crippen molar-refractivity contribution in [3.8, 4) is 0 Å². The third-order valence-corrected chi connectivity index (χ3v) is 4.78. The number of likely N-dealkylation sites (N-methyl/N-ethyl adjacent to an activating group) is 2. The third-order valence-electron chi connectivity index (χ3n) is 4.09. The lowest BCUT2D eigenvalue weighted by Crippen LogP contribution is -2.41. The minimum absolute atomic E-state index is 0.100. The first-order valence-electron chi connectivity index (χ1n) is 7.28. The largest absolute Gasteiger partial charge is 0.340 e. The number of hydrogen-bond acceptors (Lipinski definition) is 2. The van der Waals surface area contributed by atoms with Crippen molar-refractivity contribution in [3.63, 3.8) is 0 Å². The van der Waals surface area contributed by atoms with Gasteiger partial charge < -0.3 is 4.90 Å². The highest BCUT2D eigenvalue weighted by Gasteiger charge is 2.26. The Labute approximate surface area is 130 Å². The molecule has 0 saturated carbocycles. The molecule has 20 heavy (non-hydrogen) atoms. The Morgan fingerprint density at radius 3 is 2.95 bits per heavy atom. The second kappa shape index (κ2) is 6.72. The Morgan fingerprint density at radius 1 is 1.50 bits per heavy atom. The van der Waals surface area contributed by atoms with Crippen LogP contribution in [0.15, 0.2) is 22.7 Å². The fourth-order valence-electron chi connectivity index (χ4n) is 2.93. The summed E-state index contributed by atoms with van der Waals surface area (Å²) in [5, 5.41) is 0. The van der Waals surface area contributed by atoms with E-state index in [0.717, 1.165) is 35.2 Å². The second-order valence-corrected chi connectivity index (χ2v) is 6.45. The molecule has 4 heteroatoms. The number of nitrogens with zero attached hydrogens (tertiary/aromatic N) is 2. The molecule has 1 aromatic rings. The van der Waals surface area contributed by atoms with Crippen LogP contribution in [0.5, 0.6) is 0 Å². The zero-order valence-corrected chi connectivity index (χ0v) is 14.1. The van der Waals surface area contributed by atoms with Gasteiger partial charge in [0, 0.05) is 24.1 Å². The molecular weight excluding hydrogens is 316 g/mol. The highest BCUT2D eigenvalue weighted by molar-refractivity contribution is 9.10. The number of hydrogen-bond donors (Lipinski definition) is 0. The minimum Gasteiger partial charge on any atom is -0.340 e. The molecule has 0 N–H and O–H groups in total. The van der Waals surface area contributed by atoms with Gasteiger partial charge in [-0.3, -0.25) is 9.69 Å². The third kappa shape index (κ3) is 3.41. The quantitative estimate of drug-likeness (QED) is 0.840. The van der Waals surface area contributed by atoms with Crippen molar-refractivity contribution >= 4 is 21.8 Å². The first-order valence-corrected chi connectivity index (χ1v) is 8.08. The van der Waals surface area contributed by atoms with Crippen LogP contribution in [0, 0.1) is 6.92 Å². The van der Waals surface area contributed by atoms with Crippen molar-refractivity contribution in [1.82, 2.24) is 9.80 Å². The number of benzene rings is 1. The maximum Gasteiger partial charge on any atom is 0.254 e. The molecular formula is C16H23BrN2O. The lowest BCUT2D eigenvalue weighted by atomic mass is 10.1. The van der Waals surface area contributed by atoms with Crippen LogP contribution in [0.25, 0.3) is 0 Å². The molecule has 1 aliphatic rings. The molecule has 1 amide bonds. The minimum atomic E-state index is 0.100. The summed E-state index contributed by atoms with van der Waals surface area (Å²) in [5.74, 6) is 0.100. The van der Waals surface area contributed by atoms with Crippen molar-refractivity contribution in [3.05, 3.63) is 33.8 Å². The summed E-state index contributed by atoms with van der Waals surface area (Å²) in [6.45, 7) is 7.25. The fourth-order valence-corrected chi connectivity index (χ4v) is 3.34. The van der Waals surface area contributed by atoms with Crippen LogP contribution >= 0.6 is 15.9 Å². The van der Waals surface area contributed by atoms with E-state index >= 15 is 0 Å².